The molecule has 2 fully saturated rings. The van der Waals surface area contributed by atoms with Gasteiger partial charge in [0.25, 0.3) is 5.91 Å². The lowest BCUT2D eigenvalue weighted by molar-refractivity contribution is -0.139. The van der Waals surface area contributed by atoms with E-state index in [0.29, 0.717) is 17.7 Å². The molecule has 0 spiro atoms. The average molecular weight is 377 g/mol. The van der Waals surface area contributed by atoms with Gasteiger partial charge in [0, 0.05) is 24.3 Å². The molecule has 0 atom stereocenters. The second kappa shape index (κ2) is 8.42. The number of hydrogen-bond acceptors (Lipinski definition) is 4. The molecule has 7 nitrogen and oxygen atoms in total. The summed E-state index contributed by atoms with van der Waals surface area (Å²) in [6, 6.07) is 2.55. The molecule has 0 aliphatic heterocycles. The predicted molar refractivity (Wildman–Crippen MR) is 103 cm³/mol. The van der Waals surface area contributed by atoms with Crippen LogP contribution in [0.3, 0.4) is 0 Å². The third-order valence-electron chi connectivity index (χ3n) is 5.94. The van der Waals surface area contributed by atoms with Gasteiger partial charge in [0.15, 0.2) is 0 Å². The Balaban J connectivity index is 1.52. The van der Waals surface area contributed by atoms with Crippen LogP contribution in [0, 0.1) is 12.8 Å². The summed E-state index contributed by atoms with van der Waals surface area (Å²) in [4.78, 5) is 25.8. The zero-order chi connectivity index (χ0) is 19.6. The molecule has 1 heterocycles. The second-order valence-corrected chi connectivity index (χ2v) is 8.15. The number of aromatic nitrogens is 2. The highest BCUT2D eigenvalue weighted by Gasteiger charge is 2.38. The molecule has 0 aromatic carbocycles. The second-order valence-electron chi connectivity index (χ2n) is 8.15. The smallest absolute Gasteiger partial charge is 0.317 e. The maximum atomic E-state index is 12.6. The topological polar surface area (TPSA) is 87.5 Å². The molecule has 27 heavy (non-hydrogen) atoms. The standard InChI is InChI=1S/C20H32N4O3/c1-4-16(5-2)24-13(3)8-18(22-24)20(27)21-15-9-17(10-15)23(12-19(25)26)11-14-6-7-14/h8,14-17H,4-7,9-12H2,1-3H3,(H,21,27)(H,25,26). The van der Waals surface area contributed by atoms with Crippen molar-refractivity contribution in [3.05, 3.63) is 17.5 Å². The van der Waals surface area contributed by atoms with Gasteiger partial charge in [-0.3, -0.25) is 19.2 Å². The maximum absolute atomic E-state index is 12.6. The van der Waals surface area contributed by atoms with E-state index in [0.717, 1.165) is 37.9 Å². The molecular formula is C20H32N4O3. The number of carboxylic acids is 1. The largest absolute Gasteiger partial charge is 0.480 e. The van der Waals surface area contributed by atoms with Crippen LogP contribution >= 0.6 is 0 Å². The molecule has 2 N–H and O–H groups in total. The fourth-order valence-electron chi connectivity index (χ4n) is 4.01. The number of carbonyl (C=O) groups is 2. The Kier molecular flexibility index (Phi) is 6.19. The van der Waals surface area contributed by atoms with E-state index >= 15 is 0 Å². The van der Waals surface area contributed by atoms with Gasteiger partial charge in [-0.2, -0.15) is 5.10 Å². The molecule has 0 radical (unpaired) electrons. The number of rotatable bonds is 10. The van der Waals surface area contributed by atoms with E-state index in [1.165, 1.54) is 12.8 Å². The summed E-state index contributed by atoms with van der Waals surface area (Å²) in [5.74, 6) is -0.237. The molecule has 2 aliphatic carbocycles. The van der Waals surface area contributed by atoms with Gasteiger partial charge in [-0.15, -0.1) is 0 Å². The number of aryl methyl sites for hydroxylation is 1. The Morgan fingerprint density at radius 3 is 2.56 bits per heavy atom. The summed E-state index contributed by atoms with van der Waals surface area (Å²) < 4.78 is 1.96. The zero-order valence-electron chi connectivity index (χ0n) is 16.6. The maximum Gasteiger partial charge on any atom is 0.317 e. The Morgan fingerprint density at radius 2 is 2.00 bits per heavy atom. The first-order valence-electron chi connectivity index (χ1n) is 10.2. The van der Waals surface area contributed by atoms with Gasteiger partial charge in [-0.25, -0.2) is 0 Å². The van der Waals surface area contributed by atoms with E-state index < -0.39 is 5.97 Å². The van der Waals surface area contributed by atoms with Crippen molar-refractivity contribution in [2.24, 2.45) is 5.92 Å². The first-order valence-corrected chi connectivity index (χ1v) is 10.2. The van der Waals surface area contributed by atoms with Crippen molar-refractivity contribution in [2.75, 3.05) is 13.1 Å². The van der Waals surface area contributed by atoms with E-state index in [2.05, 4.69) is 29.2 Å². The fourth-order valence-corrected chi connectivity index (χ4v) is 4.01. The van der Waals surface area contributed by atoms with Crippen LogP contribution in [0.15, 0.2) is 6.07 Å². The third-order valence-corrected chi connectivity index (χ3v) is 5.94. The lowest BCUT2D eigenvalue weighted by atomic mass is 9.85. The van der Waals surface area contributed by atoms with Gasteiger partial charge < -0.3 is 10.4 Å². The monoisotopic (exact) mass is 376 g/mol. The van der Waals surface area contributed by atoms with Gasteiger partial charge in [-0.1, -0.05) is 13.8 Å². The fraction of sp³-hybridized carbons (Fsp3) is 0.750. The lowest BCUT2D eigenvalue weighted by Crippen LogP contribution is -2.55. The minimum Gasteiger partial charge on any atom is -0.480 e. The Hall–Kier alpha value is -1.89. The summed E-state index contributed by atoms with van der Waals surface area (Å²) >= 11 is 0. The Bertz CT molecular complexity index is 673. The minimum absolute atomic E-state index is 0.0981. The van der Waals surface area contributed by atoms with Crippen LogP contribution in [-0.2, 0) is 4.79 Å². The molecule has 2 aliphatic rings. The van der Waals surface area contributed by atoms with Crippen molar-refractivity contribution >= 4 is 11.9 Å². The quantitative estimate of drug-likeness (QED) is 0.655. The number of aliphatic carboxylic acids is 1. The molecule has 1 aromatic heterocycles. The summed E-state index contributed by atoms with van der Waals surface area (Å²) in [6.45, 7) is 7.22. The van der Waals surface area contributed by atoms with Crippen LogP contribution in [0.2, 0.25) is 0 Å². The number of nitrogens with one attached hydrogen (secondary N) is 1. The highest BCUT2D eigenvalue weighted by molar-refractivity contribution is 5.92. The molecule has 2 saturated carbocycles. The molecule has 1 amide bonds. The van der Waals surface area contributed by atoms with Crippen molar-refractivity contribution in [1.29, 1.82) is 0 Å². The molecule has 3 rings (SSSR count). The molecule has 150 valence electrons. The van der Waals surface area contributed by atoms with Crippen LogP contribution in [-0.4, -0.2) is 56.8 Å². The van der Waals surface area contributed by atoms with Gasteiger partial charge in [0.2, 0.25) is 0 Å². The van der Waals surface area contributed by atoms with Crippen LogP contribution in [0.4, 0.5) is 0 Å². The summed E-state index contributed by atoms with van der Waals surface area (Å²) in [6.07, 6.45) is 6.04. The van der Waals surface area contributed by atoms with E-state index in [4.69, 9.17) is 5.11 Å². The SMILES string of the molecule is CCC(CC)n1nc(C(=O)NC2CC(N(CC(=O)O)CC3CC3)C2)cc1C. The van der Waals surface area contributed by atoms with E-state index in [1.807, 2.05) is 17.7 Å². The number of carbonyl (C=O) groups excluding carboxylic acids is 1. The highest BCUT2D eigenvalue weighted by Crippen LogP contribution is 2.33. The first kappa shape index (κ1) is 19.9. The van der Waals surface area contributed by atoms with Crippen LogP contribution in [0.25, 0.3) is 0 Å². The van der Waals surface area contributed by atoms with Crippen molar-refractivity contribution in [1.82, 2.24) is 20.0 Å². The third kappa shape index (κ3) is 4.89. The average Bonchev–Trinajstić information content (AvgIpc) is 3.31. The highest BCUT2D eigenvalue weighted by atomic mass is 16.4. The van der Waals surface area contributed by atoms with E-state index in [-0.39, 0.29) is 24.5 Å². The predicted octanol–water partition coefficient (Wildman–Crippen LogP) is 2.61. The van der Waals surface area contributed by atoms with Crippen molar-refractivity contribution < 1.29 is 14.7 Å². The van der Waals surface area contributed by atoms with Crippen LogP contribution < -0.4 is 5.32 Å². The van der Waals surface area contributed by atoms with Gasteiger partial charge >= 0.3 is 5.97 Å². The number of hydrogen-bond donors (Lipinski definition) is 2. The van der Waals surface area contributed by atoms with Crippen LogP contribution in [0.1, 0.15) is 74.6 Å². The Morgan fingerprint density at radius 1 is 1.33 bits per heavy atom. The molecule has 0 unspecified atom stereocenters. The van der Waals surface area contributed by atoms with Gasteiger partial charge in [0.05, 0.1) is 12.6 Å². The van der Waals surface area contributed by atoms with Crippen molar-refractivity contribution in [3.63, 3.8) is 0 Å². The normalized spacial score (nSPS) is 22.1. The van der Waals surface area contributed by atoms with Gasteiger partial charge in [-0.05, 0) is 57.4 Å². The molecular weight excluding hydrogens is 344 g/mol. The molecule has 1 aromatic rings. The minimum atomic E-state index is -0.773. The summed E-state index contributed by atoms with van der Waals surface area (Å²) in [5.41, 5.74) is 1.49. The lowest BCUT2D eigenvalue weighted by Gasteiger charge is -2.42. The summed E-state index contributed by atoms with van der Waals surface area (Å²) in [5, 5.41) is 16.7. The number of nitrogens with zero attached hydrogens (tertiary/aromatic N) is 3. The molecule has 0 saturated heterocycles. The number of carboxylic acid groups (broad SMARTS) is 1. The molecule has 7 heteroatoms. The van der Waals surface area contributed by atoms with Gasteiger partial charge in [0.1, 0.15) is 5.69 Å². The van der Waals surface area contributed by atoms with Crippen LogP contribution in [0.5, 0.6) is 0 Å². The zero-order valence-corrected chi connectivity index (χ0v) is 16.6. The Labute approximate surface area is 161 Å². The summed E-state index contributed by atoms with van der Waals surface area (Å²) in [7, 11) is 0. The number of amides is 1. The van der Waals surface area contributed by atoms with E-state index in [9.17, 15) is 9.59 Å². The van der Waals surface area contributed by atoms with Crippen molar-refractivity contribution in [2.45, 2.75) is 77.4 Å². The first-order chi connectivity index (χ1) is 12.9. The molecule has 0 bridgehead atoms. The van der Waals surface area contributed by atoms with E-state index in [1.54, 1.807) is 0 Å². The van der Waals surface area contributed by atoms with Crippen molar-refractivity contribution in [3.8, 4) is 0 Å².